The van der Waals surface area contributed by atoms with Gasteiger partial charge >= 0.3 is 0 Å². The number of hydrogen-bond donors (Lipinski definition) is 2. The topological polar surface area (TPSA) is 80.9 Å². The summed E-state index contributed by atoms with van der Waals surface area (Å²) in [4.78, 5) is 21.6. The smallest absolute Gasteiger partial charge is 0.253 e. The molecule has 2 aromatic heterocycles. The van der Waals surface area contributed by atoms with Crippen LogP contribution in [-0.2, 0) is 0 Å². The lowest BCUT2D eigenvalue weighted by atomic mass is 10.2. The average Bonchev–Trinajstić information content (AvgIpc) is 2.92. The Bertz CT molecular complexity index is 699. The third kappa shape index (κ3) is 4.12. The maximum atomic E-state index is 12.2. The minimum absolute atomic E-state index is 0.144. The molecule has 0 spiro atoms. The molecule has 0 fully saturated rings. The quantitative estimate of drug-likeness (QED) is 0.845. The van der Waals surface area contributed by atoms with E-state index in [0.29, 0.717) is 11.1 Å². The number of nitrogens with one attached hydrogen (secondary N) is 1. The summed E-state index contributed by atoms with van der Waals surface area (Å²) in [7, 11) is 0. The molecule has 2 heterocycles. The molecule has 1 unspecified atom stereocenters. The van der Waals surface area contributed by atoms with Gasteiger partial charge in [-0.25, -0.2) is 4.98 Å². The van der Waals surface area contributed by atoms with E-state index in [0.717, 1.165) is 9.88 Å². The number of thiazole rings is 1. The SMILES string of the molecule is Cc1cnc(C(C)NC(=O)c2cncc(C#CCN)c2)s1. The van der Waals surface area contributed by atoms with E-state index >= 15 is 0 Å². The molecule has 108 valence electrons. The molecule has 2 aromatic rings. The number of carbonyl (C=O) groups is 1. The van der Waals surface area contributed by atoms with Crippen LogP contribution in [-0.4, -0.2) is 22.4 Å². The third-order valence-electron chi connectivity index (χ3n) is 2.69. The summed E-state index contributed by atoms with van der Waals surface area (Å²) < 4.78 is 0. The highest BCUT2D eigenvalue weighted by Gasteiger charge is 2.14. The van der Waals surface area contributed by atoms with Crippen LogP contribution in [0.15, 0.2) is 24.7 Å². The van der Waals surface area contributed by atoms with Crippen LogP contribution in [0.25, 0.3) is 0 Å². The van der Waals surface area contributed by atoms with Gasteiger partial charge in [-0.15, -0.1) is 11.3 Å². The minimum atomic E-state index is -0.195. The average molecular weight is 300 g/mol. The van der Waals surface area contributed by atoms with Crippen molar-refractivity contribution in [3.8, 4) is 11.8 Å². The van der Waals surface area contributed by atoms with Gasteiger partial charge in [0, 0.05) is 29.0 Å². The molecule has 0 bridgehead atoms. The Labute approximate surface area is 127 Å². The first-order valence-electron chi connectivity index (χ1n) is 6.47. The van der Waals surface area contributed by atoms with Crippen LogP contribution in [0.1, 0.15) is 38.8 Å². The van der Waals surface area contributed by atoms with Crippen LogP contribution in [0.2, 0.25) is 0 Å². The summed E-state index contributed by atoms with van der Waals surface area (Å²) >= 11 is 1.57. The molecule has 3 N–H and O–H groups in total. The fraction of sp³-hybridized carbons (Fsp3) is 0.267. The van der Waals surface area contributed by atoms with E-state index in [1.54, 1.807) is 29.8 Å². The zero-order chi connectivity index (χ0) is 15.2. The van der Waals surface area contributed by atoms with E-state index in [4.69, 9.17) is 5.73 Å². The number of aromatic nitrogens is 2. The highest BCUT2D eigenvalue weighted by atomic mass is 32.1. The minimum Gasteiger partial charge on any atom is -0.343 e. The van der Waals surface area contributed by atoms with Crippen LogP contribution in [0.5, 0.6) is 0 Å². The molecule has 0 aromatic carbocycles. The molecule has 0 radical (unpaired) electrons. The second-order valence-electron chi connectivity index (χ2n) is 4.47. The van der Waals surface area contributed by atoms with Crippen LogP contribution in [0.3, 0.4) is 0 Å². The third-order valence-corrected chi connectivity index (χ3v) is 3.79. The van der Waals surface area contributed by atoms with Gasteiger partial charge in [0.1, 0.15) is 5.01 Å². The van der Waals surface area contributed by atoms with Crippen LogP contribution >= 0.6 is 11.3 Å². The van der Waals surface area contributed by atoms with Gasteiger partial charge in [0.2, 0.25) is 0 Å². The largest absolute Gasteiger partial charge is 0.343 e. The Morgan fingerprint density at radius 3 is 2.95 bits per heavy atom. The lowest BCUT2D eigenvalue weighted by molar-refractivity contribution is 0.0939. The van der Waals surface area contributed by atoms with Crippen molar-refractivity contribution in [2.75, 3.05) is 6.54 Å². The predicted molar refractivity (Wildman–Crippen MR) is 82.9 cm³/mol. The molecule has 0 aliphatic rings. The van der Waals surface area contributed by atoms with Gasteiger partial charge in [-0.1, -0.05) is 11.8 Å². The lowest BCUT2D eigenvalue weighted by Gasteiger charge is -2.11. The fourth-order valence-electron chi connectivity index (χ4n) is 1.70. The lowest BCUT2D eigenvalue weighted by Crippen LogP contribution is -2.26. The van der Waals surface area contributed by atoms with Gasteiger partial charge < -0.3 is 11.1 Å². The Morgan fingerprint density at radius 2 is 2.29 bits per heavy atom. The first-order chi connectivity index (χ1) is 10.1. The van der Waals surface area contributed by atoms with Crippen molar-refractivity contribution in [2.45, 2.75) is 19.9 Å². The van der Waals surface area contributed by atoms with E-state index in [9.17, 15) is 4.79 Å². The molecule has 6 heteroatoms. The molecular formula is C15H16N4OS. The molecule has 5 nitrogen and oxygen atoms in total. The van der Waals surface area contributed by atoms with Crippen molar-refractivity contribution < 1.29 is 4.79 Å². The van der Waals surface area contributed by atoms with E-state index < -0.39 is 0 Å². The number of amides is 1. The molecule has 1 atom stereocenters. The molecular weight excluding hydrogens is 284 g/mol. The summed E-state index contributed by atoms with van der Waals surface area (Å²) in [5, 5.41) is 3.79. The van der Waals surface area contributed by atoms with Gasteiger partial charge in [0.25, 0.3) is 5.91 Å². The second kappa shape index (κ2) is 6.97. The maximum absolute atomic E-state index is 12.2. The molecule has 21 heavy (non-hydrogen) atoms. The summed E-state index contributed by atoms with van der Waals surface area (Å²) in [5.74, 6) is 5.40. The number of carbonyl (C=O) groups excluding carboxylic acids is 1. The van der Waals surface area contributed by atoms with E-state index in [-0.39, 0.29) is 18.5 Å². The second-order valence-corrected chi connectivity index (χ2v) is 5.74. The van der Waals surface area contributed by atoms with Crippen molar-refractivity contribution in [3.63, 3.8) is 0 Å². The van der Waals surface area contributed by atoms with Gasteiger partial charge in [-0.2, -0.15) is 0 Å². The van der Waals surface area contributed by atoms with Crippen LogP contribution < -0.4 is 11.1 Å². The molecule has 1 amide bonds. The maximum Gasteiger partial charge on any atom is 0.253 e. The summed E-state index contributed by atoms with van der Waals surface area (Å²) in [6.07, 6.45) is 4.92. The van der Waals surface area contributed by atoms with E-state index in [2.05, 4.69) is 27.1 Å². The zero-order valence-corrected chi connectivity index (χ0v) is 12.7. The number of hydrogen-bond acceptors (Lipinski definition) is 5. The molecule has 0 saturated heterocycles. The van der Waals surface area contributed by atoms with Crippen molar-refractivity contribution >= 4 is 17.2 Å². The van der Waals surface area contributed by atoms with Crippen molar-refractivity contribution in [3.05, 3.63) is 45.7 Å². The van der Waals surface area contributed by atoms with Gasteiger partial charge in [0.05, 0.1) is 18.2 Å². The number of aryl methyl sites for hydroxylation is 1. The van der Waals surface area contributed by atoms with Gasteiger partial charge in [-0.05, 0) is 19.9 Å². The Kier molecular flexibility index (Phi) is 5.04. The summed E-state index contributed by atoms with van der Waals surface area (Å²) in [5.41, 5.74) is 6.47. The Balaban J connectivity index is 2.09. The first kappa shape index (κ1) is 15.2. The summed E-state index contributed by atoms with van der Waals surface area (Å²) in [6.45, 7) is 4.16. The van der Waals surface area contributed by atoms with Crippen LogP contribution in [0, 0.1) is 18.8 Å². The molecule has 2 rings (SSSR count). The predicted octanol–water partition coefficient (Wildman–Crippen LogP) is 1.65. The summed E-state index contributed by atoms with van der Waals surface area (Å²) in [6, 6.07) is 1.56. The van der Waals surface area contributed by atoms with E-state index in [1.165, 1.54) is 6.20 Å². The van der Waals surface area contributed by atoms with Crippen molar-refractivity contribution in [1.82, 2.24) is 15.3 Å². The number of nitrogens with zero attached hydrogens (tertiary/aromatic N) is 2. The monoisotopic (exact) mass is 300 g/mol. The molecule has 0 saturated carbocycles. The highest BCUT2D eigenvalue weighted by molar-refractivity contribution is 7.11. The van der Waals surface area contributed by atoms with Crippen molar-refractivity contribution in [2.24, 2.45) is 5.73 Å². The number of rotatable bonds is 3. The fourth-order valence-corrected chi connectivity index (χ4v) is 2.48. The first-order valence-corrected chi connectivity index (χ1v) is 7.29. The van der Waals surface area contributed by atoms with Gasteiger partial charge in [-0.3, -0.25) is 9.78 Å². The molecule has 0 aliphatic heterocycles. The highest BCUT2D eigenvalue weighted by Crippen LogP contribution is 2.19. The van der Waals surface area contributed by atoms with E-state index in [1.807, 2.05) is 13.8 Å². The van der Waals surface area contributed by atoms with Crippen molar-refractivity contribution in [1.29, 1.82) is 0 Å². The normalized spacial score (nSPS) is 11.4. The standard InChI is InChI=1S/C15H16N4OS/c1-10-7-18-15(21-10)11(2)19-14(20)13-6-12(4-3-5-16)8-17-9-13/h6-9,11H,5,16H2,1-2H3,(H,19,20). The molecule has 0 aliphatic carbocycles. The van der Waals surface area contributed by atoms with Gasteiger partial charge in [0.15, 0.2) is 0 Å². The Hall–Kier alpha value is -2.23. The number of pyridine rings is 1. The van der Waals surface area contributed by atoms with Crippen LogP contribution in [0.4, 0.5) is 0 Å². The Morgan fingerprint density at radius 1 is 1.48 bits per heavy atom. The zero-order valence-electron chi connectivity index (χ0n) is 11.9. The number of nitrogens with two attached hydrogens (primary N) is 1.